The smallest absolute Gasteiger partial charge is 0.217 e. The molecule has 1 fully saturated rings. The summed E-state index contributed by atoms with van der Waals surface area (Å²) in [7, 11) is 0. The van der Waals surface area contributed by atoms with Crippen molar-refractivity contribution in [3.8, 4) is 5.88 Å². The highest BCUT2D eigenvalue weighted by atomic mass is 32.2. The lowest BCUT2D eigenvalue weighted by atomic mass is 10.3. The molecule has 1 saturated heterocycles. The van der Waals surface area contributed by atoms with Crippen molar-refractivity contribution in [1.29, 1.82) is 0 Å². The van der Waals surface area contributed by atoms with Gasteiger partial charge in [-0.05, 0) is 6.26 Å². The number of thioether (sulfide) groups is 1. The van der Waals surface area contributed by atoms with E-state index >= 15 is 0 Å². The summed E-state index contributed by atoms with van der Waals surface area (Å²) < 4.78 is 11.1. The molecule has 2 heterocycles. The van der Waals surface area contributed by atoms with Crippen molar-refractivity contribution in [3.05, 3.63) is 12.4 Å². The molecule has 1 aliphatic heterocycles. The Balaban J connectivity index is 1.83. The van der Waals surface area contributed by atoms with Crippen LogP contribution in [0.4, 0.5) is 0 Å². The Labute approximate surface area is 99.0 Å². The van der Waals surface area contributed by atoms with E-state index in [0.717, 1.165) is 24.7 Å². The molecule has 1 atom stereocenters. The first-order valence-electron chi connectivity index (χ1n) is 5.19. The first-order chi connectivity index (χ1) is 7.88. The van der Waals surface area contributed by atoms with Gasteiger partial charge in [0.25, 0.3) is 0 Å². The van der Waals surface area contributed by atoms with Crippen LogP contribution in [0.15, 0.2) is 17.4 Å². The molecule has 16 heavy (non-hydrogen) atoms. The minimum absolute atomic E-state index is 0.112. The van der Waals surface area contributed by atoms with E-state index in [-0.39, 0.29) is 6.10 Å². The Morgan fingerprint density at radius 2 is 2.56 bits per heavy atom. The predicted octanol–water partition coefficient (Wildman–Crippen LogP) is 0.566. The monoisotopic (exact) mass is 241 g/mol. The van der Waals surface area contributed by atoms with Crippen LogP contribution in [0.2, 0.25) is 0 Å². The number of rotatable bonds is 4. The summed E-state index contributed by atoms with van der Waals surface area (Å²) in [5.41, 5.74) is 0. The van der Waals surface area contributed by atoms with Gasteiger partial charge in [-0.3, -0.25) is 0 Å². The van der Waals surface area contributed by atoms with Crippen molar-refractivity contribution < 1.29 is 9.47 Å². The lowest BCUT2D eigenvalue weighted by Crippen LogP contribution is -2.41. The quantitative estimate of drug-likeness (QED) is 0.614. The van der Waals surface area contributed by atoms with E-state index in [1.807, 2.05) is 12.3 Å². The van der Waals surface area contributed by atoms with E-state index in [0.29, 0.717) is 12.5 Å². The highest BCUT2D eigenvalue weighted by Gasteiger charge is 2.14. The average molecular weight is 241 g/mol. The molecule has 0 saturated carbocycles. The molecule has 0 aliphatic carbocycles. The molecule has 88 valence electrons. The van der Waals surface area contributed by atoms with Gasteiger partial charge < -0.3 is 14.8 Å². The fraction of sp³-hybridized carbons (Fsp3) is 0.600. The molecular formula is C10H15N3O2S. The lowest BCUT2D eigenvalue weighted by Gasteiger charge is -2.23. The molecule has 5 nitrogen and oxygen atoms in total. The predicted molar refractivity (Wildman–Crippen MR) is 61.9 cm³/mol. The molecule has 1 aliphatic rings. The van der Waals surface area contributed by atoms with Crippen LogP contribution in [0.25, 0.3) is 0 Å². The molecular weight excluding hydrogens is 226 g/mol. The summed E-state index contributed by atoms with van der Waals surface area (Å²) in [6, 6.07) is 1.83. The second-order valence-electron chi connectivity index (χ2n) is 3.41. The third kappa shape index (κ3) is 3.33. The first-order valence-corrected chi connectivity index (χ1v) is 6.42. The number of nitrogens with zero attached hydrogens (tertiary/aromatic N) is 2. The van der Waals surface area contributed by atoms with Crippen LogP contribution in [0.1, 0.15) is 0 Å². The van der Waals surface area contributed by atoms with Gasteiger partial charge in [0.1, 0.15) is 24.1 Å². The summed E-state index contributed by atoms with van der Waals surface area (Å²) in [4.78, 5) is 8.13. The average Bonchev–Trinajstić information content (AvgIpc) is 2.38. The number of hydrogen-bond acceptors (Lipinski definition) is 6. The zero-order chi connectivity index (χ0) is 11.2. The fourth-order valence-corrected chi connectivity index (χ4v) is 1.79. The molecule has 0 radical (unpaired) electrons. The van der Waals surface area contributed by atoms with Crippen molar-refractivity contribution in [3.63, 3.8) is 0 Å². The van der Waals surface area contributed by atoms with Gasteiger partial charge >= 0.3 is 0 Å². The van der Waals surface area contributed by atoms with Crippen LogP contribution in [-0.4, -0.2) is 48.6 Å². The summed E-state index contributed by atoms with van der Waals surface area (Å²) in [5, 5.41) is 4.16. The molecule has 0 aromatic carbocycles. The second kappa shape index (κ2) is 6.03. The SMILES string of the molecule is CSc1cc(OCC2CNCCO2)ncn1. The van der Waals surface area contributed by atoms with Crippen LogP contribution >= 0.6 is 11.8 Å². The molecule has 2 rings (SSSR count). The zero-order valence-corrected chi connectivity index (χ0v) is 10.00. The van der Waals surface area contributed by atoms with Gasteiger partial charge in [-0.1, -0.05) is 0 Å². The Hall–Kier alpha value is -0.850. The van der Waals surface area contributed by atoms with E-state index < -0.39 is 0 Å². The largest absolute Gasteiger partial charge is 0.475 e. The van der Waals surface area contributed by atoms with Gasteiger partial charge in [0.2, 0.25) is 5.88 Å². The third-order valence-electron chi connectivity index (χ3n) is 2.25. The van der Waals surface area contributed by atoms with E-state index in [1.54, 1.807) is 11.8 Å². The fourth-order valence-electron chi connectivity index (χ4n) is 1.42. The Bertz CT molecular complexity index is 332. The topological polar surface area (TPSA) is 56.3 Å². The molecule has 1 N–H and O–H groups in total. The summed E-state index contributed by atoms with van der Waals surface area (Å²) in [5.74, 6) is 0.605. The van der Waals surface area contributed by atoms with Crippen LogP contribution in [-0.2, 0) is 4.74 Å². The summed E-state index contributed by atoms with van der Waals surface area (Å²) in [6.07, 6.45) is 3.60. The van der Waals surface area contributed by atoms with Gasteiger partial charge in [-0.2, -0.15) is 0 Å². The molecule has 1 unspecified atom stereocenters. The van der Waals surface area contributed by atoms with Crippen LogP contribution in [0, 0.1) is 0 Å². The molecule has 1 aromatic rings. The molecule has 1 aromatic heterocycles. The Kier molecular flexibility index (Phi) is 4.38. The van der Waals surface area contributed by atoms with Crippen molar-refractivity contribution in [2.45, 2.75) is 11.1 Å². The Morgan fingerprint density at radius 1 is 1.62 bits per heavy atom. The van der Waals surface area contributed by atoms with Gasteiger partial charge in [0.15, 0.2) is 0 Å². The number of aromatic nitrogens is 2. The summed E-state index contributed by atoms with van der Waals surface area (Å²) in [6.45, 7) is 3.02. The molecule has 0 spiro atoms. The minimum Gasteiger partial charge on any atom is -0.475 e. The maximum atomic E-state index is 5.56. The van der Waals surface area contributed by atoms with Crippen LogP contribution in [0.3, 0.4) is 0 Å². The van der Waals surface area contributed by atoms with Crippen molar-refractivity contribution >= 4 is 11.8 Å². The van der Waals surface area contributed by atoms with Crippen molar-refractivity contribution in [2.75, 3.05) is 32.6 Å². The van der Waals surface area contributed by atoms with Gasteiger partial charge in [0, 0.05) is 19.2 Å². The summed E-state index contributed by atoms with van der Waals surface area (Å²) >= 11 is 1.57. The number of nitrogens with one attached hydrogen (secondary N) is 1. The molecule has 0 amide bonds. The number of ether oxygens (including phenoxy) is 2. The van der Waals surface area contributed by atoms with Crippen molar-refractivity contribution in [2.24, 2.45) is 0 Å². The normalized spacial score (nSPS) is 20.7. The highest BCUT2D eigenvalue weighted by molar-refractivity contribution is 7.98. The second-order valence-corrected chi connectivity index (χ2v) is 4.23. The van der Waals surface area contributed by atoms with Crippen LogP contribution < -0.4 is 10.1 Å². The lowest BCUT2D eigenvalue weighted by molar-refractivity contribution is -0.000832. The Morgan fingerprint density at radius 3 is 3.31 bits per heavy atom. The molecule has 6 heteroatoms. The maximum absolute atomic E-state index is 5.56. The van der Waals surface area contributed by atoms with E-state index in [1.165, 1.54) is 6.33 Å². The van der Waals surface area contributed by atoms with Gasteiger partial charge in [0.05, 0.1) is 6.61 Å². The highest BCUT2D eigenvalue weighted by Crippen LogP contribution is 2.15. The first kappa shape index (κ1) is 11.6. The zero-order valence-electron chi connectivity index (χ0n) is 9.18. The van der Waals surface area contributed by atoms with Gasteiger partial charge in [-0.15, -0.1) is 11.8 Å². The minimum atomic E-state index is 0.112. The van der Waals surface area contributed by atoms with E-state index in [2.05, 4.69) is 15.3 Å². The van der Waals surface area contributed by atoms with Crippen LogP contribution in [0.5, 0.6) is 5.88 Å². The number of morpholine rings is 1. The number of hydrogen-bond donors (Lipinski definition) is 1. The third-order valence-corrected chi connectivity index (χ3v) is 2.89. The van der Waals surface area contributed by atoms with Crippen molar-refractivity contribution in [1.82, 2.24) is 15.3 Å². The standard InChI is InChI=1S/C10H15N3O2S/c1-16-10-4-9(12-7-13-10)15-6-8-5-11-2-3-14-8/h4,7-8,11H,2-3,5-6H2,1H3. The van der Waals surface area contributed by atoms with E-state index in [4.69, 9.17) is 9.47 Å². The van der Waals surface area contributed by atoms with E-state index in [9.17, 15) is 0 Å². The molecule has 0 bridgehead atoms. The maximum Gasteiger partial charge on any atom is 0.217 e. The van der Waals surface area contributed by atoms with Gasteiger partial charge in [-0.25, -0.2) is 9.97 Å².